The first kappa shape index (κ1) is 131. The van der Waals surface area contributed by atoms with E-state index in [-0.39, 0.29) is 101 Å². The first-order valence-corrected chi connectivity index (χ1v) is 17.3. The maximum absolute atomic E-state index is 10.3. The number of hydrogen-bond donors (Lipinski definition) is 5. The Kier molecular flexibility index (Phi) is 233. The van der Waals surface area contributed by atoms with E-state index >= 15 is 0 Å². The van der Waals surface area contributed by atoms with Crippen LogP contribution in [0.1, 0.15) is 26.0 Å². The van der Waals surface area contributed by atoms with E-state index in [0.717, 1.165) is 0 Å². The van der Waals surface area contributed by atoms with Crippen LogP contribution in [0, 0.1) is 71.7 Å². The van der Waals surface area contributed by atoms with Gasteiger partial charge in [0, 0.05) is 59.6 Å². The largest absolute Gasteiger partial charge is 0.870 e. The molecule has 0 aliphatic heterocycles. The Bertz CT molecular complexity index is 1160. The normalized spacial score (nSPS) is 5.98. The van der Waals surface area contributed by atoms with Gasteiger partial charge in [-0.3, -0.25) is 15.5 Å². The van der Waals surface area contributed by atoms with Crippen LogP contribution in [0.15, 0.2) is 0 Å². The molecule has 40 heteroatoms. The molecule has 36 N–H and O–H groups in total. The third kappa shape index (κ3) is 119. The van der Waals surface area contributed by atoms with Crippen LogP contribution in [-0.2, 0) is 79.7 Å². The van der Waals surface area contributed by atoms with Gasteiger partial charge < -0.3 is 114 Å². The molecule has 0 spiro atoms. The Hall–Kier alpha value is -3.33. The molecule has 0 saturated heterocycles. The van der Waals surface area contributed by atoms with Crippen LogP contribution in [0.4, 0.5) is 0 Å². The summed E-state index contributed by atoms with van der Waals surface area (Å²) in [6.45, 7) is 0. The average molecular weight is 946 g/mol. The Morgan fingerprint density at radius 1 is 0.525 bits per heavy atom. The summed E-state index contributed by atoms with van der Waals surface area (Å²) in [5.74, 6) is 17.2. The van der Waals surface area contributed by atoms with Gasteiger partial charge in [0.15, 0.2) is 11.7 Å². The quantitative estimate of drug-likeness (QED) is 0.0226. The second-order valence-corrected chi connectivity index (χ2v) is 14.3. The molecule has 0 radical (unpaired) electrons. The number of aliphatic hydroxyl groups is 1. The summed E-state index contributed by atoms with van der Waals surface area (Å²) >= 11 is 4.72. The van der Waals surface area contributed by atoms with E-state index in [9.17, 15) is 14.4 Å². The van der Waals surface area contributed by atoms with Crippen molar-refractivity contribution in [1.29, 1.82) is 0 Å². The van der Waals surface area contributed by atoms with Crippen molar-refractivity contribution in [2.45, 2.75) is 25.9 Å². The van der Waals surface area contributed by atoms with Gasteiger partial charge in [-0.05, 0) is 48.0 Å². The van der Waals surface area contributed by atoms with Crippen molar-refractivity contribution < 1.29 is 199 Å². The monoisotopic (exact) mass is 944 g/mol. The number of carboxylic acid groups (broad SMARTS) is 3. The molecule has 0 aliphatic carbocycles. The molecule has 0 aliphatic rings. The first-order chi connectivity index (χ1) is 20.1. The molecule has 0 aromatic carbocycles. The van der Waals surface area contributed by atoms with Gasteiger partial charge in [0.05, 0.1) is 12.8 Å². The standard InChI is InChI=1S/C12HO14.C6H8O7.CH4.3Mg.16H2O.4H2/c1-2-3-4-5-6-7-8-9-10-11-12-14-16-18-20-22-24-26-25-23-21-19-17-15-13;7-3(8)1-6(13,5(11)12)2-4(9)10;;;;;;;;;;;;;;;;;;;;;;;;/h13H;13H,1-2H2,(H,7,8)(H,9,10)(H,11,12);1H4;;;;16*1H2;4*1H/q-1;;;;2*+1;;;;;;;;;;;;;;;;;;;;/p-1. The van der Waals surface area contributed by atoms with Crippen LogP contribution in [0.2, 0.25) is 0 Å². The molecule has 59 heavy (non-hydrogen) atoms. The average Bonchev–Trinajstić information content (AvgIpc) is 2.91. The molecule has 0 bridgehead atoms. The van der Waals surface area contributed by atoms with Crippen molar-refractivity contribution in [1.82, 2.24) is 0 Å². The van der Waals surface area contributed by atoms with Crippen LogP contribution < -0.4 is 0 Å². The third-order valence-corrected chi connectivity index (χ3v) is 2.28. The number of rotatable bonds is 17. The fraction of sp³-hybridized carbons (Fsp3) is 0.211. The second kappa shape index (κ2) is 105. The van der Waals surface area contributed by atoms with Gasteiger partial charge in [0.25, 0.3) is 0 Å². The molecule has 0 saturated carbocycles. The Balaban J connectivity index is -0.0000000168. The van der Waals surface area contributed by atoms with Crippen LogP contribution in [-0.4, -0.2) is 186 Å². The van der Waals surface area contributed by atoms with Gasteiger partial charge in [-0.1, -0.05) is 7.43 Å². The molecule has 356 valence electrons. The topological polar surface area (TPSA) is 775 Å². The Morgan fingerprint density at radius 2 is 0.763 bits per heavy atom. The van der Waals surface area contributed by atoms with E-state index in [1.807, 2.05) is 12.0 Å². The van der Waals surface area contributed by atoms with Gasteiger partial charge in [-0.25, -0.2) is 20.9 Å². The molecule has 37 nitrogen and oxygen atoms in total. The van der Waals surface area contributed by atoms with Gasteiger partial charge in [-0.15, -0.1) is 5.92 Å². The number of carboxylic acids is 3. The van der Waals surface area contributed by atoms with E-state index in [1.54, 1.807) is 0 Å². The van der Waals surface area contributed by atoms with Gasteiger partial charge >= 0.3 is 67.1 Å². The summed E-state index contributed by atoms with van der Waals surface area (Å²) < 4.78 is 0. The van der Waals surface area contributed by atoms with Crippen molar-refractivity contribution in [2.24, 2.45) is 0 Å². The summed E-state index contributed by atoms with van der Waals surface area (Å²) in [4.78, 5) is 34.5. The van der Waals surface area contributed by atoms with E-state index in [0.29, 0.717) is 13.1 Å². The minimum atomic E-state index is -2.74. The van der Waals surface area contributed by atoms with Gasteiger partial charge in [0.2, 0.25) is 0 Å². The van der Waals surface area contributed by atoms with E-state index < -0.39 is 36.4 Å². The van der Waals surface area contributed by atoms with Crippen LogP contribution in [0.25, 0.3) is 0 Å². The first-order valence-electron chi connectivity index (χ1n) is 9.31. The summed E-state index contributed by atoms with van der Waals surface area (Å²) in [7, 11) is 0. The molecule has 0 aromatic rings. The summed E-state index contributed by atoms with van der Waals surface area (Å²) in [6.07, 6.45) is 6.07. The van der Waals surface area contributed by atoms with Crippen molar-refractivity contribution in [2.75, 3.05) is 0 Å². The van der Waals surface area contributed by atoms with Crippen molar-refractivity contribution in [3.05, 3.63) is 6.42 Å². The smallest absolute Gasteiger partial charge is 0.870 e. The zero-order chi connectivity index (χ0) is 32.3. The molecular formula is C19H52Mg3O37. The SMILES string of the molecule is C.O.O.O.O.O.O.O.O.O.O.O.O.O.O.O.O=C(O)CC(O)(CC(=O)O)C(=O)O.[C-]#CC#CC#CC#CC#CC#COOOOOOOOOOOOOO.[HH].[HH].[HH].[HH].[Mg+][Mg][Mg+].[OH-]. The van der Waals surface area contributed by atoms with Gasteiger partial charge in [-0.2, -0.15) is 0 Å². The summed E-state index contributed by atoms with van der Waals surface area (Å²) in [6, 6.07) is 0. The number of aliphatic carboxylic acids is 3. The fourth-order valence-corrected chi connectivity index (χ4v) is 1.16. The van der Waals surface area contributed by atoms with Crippen molar-refractivity contribution in [3.63, 3.8) is 0 Å². The van der Waals surface area contributed by atoms with Crippen molar-refractivity contribution >= 4 is 67.1 Å². The van der Waals surface area contributed by atoms with Crippen molar-refractivity contribution in [3.8, 4) is 65.3 Å². The molecule has 0 amide bonds. The molecule has 0 rings (SSSR count). The predicted octanol–water partition coefficient (Wildman–Crippen LogP) is -14.1. The van der Waals surface area contributed by atoms with Crippen LogP contribution in [0.5, 0.6) is 0 Å². The Morgan fingerprint density at radius 3 is 1.00 bits per heavy atom. The predicted molar refractivity (Wildman–Crippen MR) is 188 cm³/mol. The number of carbonyl (C=O) groups is 3. The molecule has 0 heterocycles. The molecule has 0 fully saturated rings. The maximum atomic E-state index is 10.3. The minimum absolute atomic E-state index is 0. The zero-order valence-corrected chi connectivity index (χ0v) is 32.5. The fourth-order valence-electron chi connectivity index (χ4n) is 1.16. The number of hydrogen-bond acceptors (Lipinski definition) is 19. The van der Waals surface area contributed by atoms with Gasteiger partial charge in [0.1, 0.15) is 0 Å². The van der Waals surface area contributed by atoms with E-state index in [4.69, 9.17) is 32.1 Å². The molecule has 0 atom stereocenters. The molecule has 0 aromatic heterocycles. The van der Waals surface area contributed by atoms with E-state index in [1.165, 1.54) is 0 Å². The van der Waals surface area contributed by atoms with Crippen LogP contribution in [0.3, 0.4) is 0 Å². The van der Waals surface area contributed by atoms with E-state index in [2.05, 4.69) is 155 Å². The zero-order valence-electron chi connectivity index (χ0n) is 28.3. The maximum Gasteiger partial charge on any atom is -0.870 e. The minimum Gasteiger partial charge on any atom is -0.870 e. The summed E-state index contributed by atoms with van der Waals surface area (Å²) in [5, 5.41) is 83.2. The van der Waals surface area contributed by atoms with Crippen LogP contribution >= 0.6 is 0 Å². The third-order valence-electron chi connectivity index (χ3n) is 2.28. The Labute approximate surface area is 362 Å². The molecular weight excluding hydrogens is 893 g/mol. The summed E-state index contributed by atoms with van der Waals surface area (Å²) in [5.41, 5.74) is -2.74. The molecule has 0 unspecified atom stereocenters. The second-order valence-electron chi connectivity index (χ2n) is 5.09.